The summed E-state index contributed by atoms with van der Waals surface area (Å²) in [6, 6.07) is 10.2. The van der Waals surface area contributed by atoms with Crippen molar-refractivity contribution >= 4 is 0 Å². The Morgan fingerprint density at radius 2 is 1.71 bits per heavy atom. The van der Waals surface area contributed by atoms with Gasteiger partial charge < -0.3 is 10.5 Å². The van der Waals surface area contributed by atoms with E-state index < -0.39 is 0 Å². The Hall–Kier alpha value is -1.87. The Morgan fingerprint density at radius 1 is 1.10 bits per heavy atom. The van der Waals surface area contributed by atoms with Crippen molar-refractivity contribution in [2.75, 3.05) is 0 Å². The fourth-order valence-electron chi connectivity index (χ4n) is 2.30. The summed E-state index contributed by atoms with van der Waals surface area (Å²) in [5.74, 6) is 1.40. The maximum Gasteiger partial charge on any atom is 0.224 e. The van der Waals surface area contributed by atoms with Crippen molar-refractivity contribution in [1.29, 1.82) is 0 Å². The number of pyridine rings is 1. The number of ether oxygens (including phenoxy) is 1. The van der Waals surface area contributed by atoms with Crippen LogP contribution in [0.3, 0.4) is 0 Å². The Bertz CT molecular complexity index is 625. The molecule has 3 nitrogen and oxygen atoms in total. The molecule has 0 spiro atoms. The highest BCUT2D eigenvalue weighted by Crippen LogP contribution is 2.29. The normalized spacial score (nSPS) is 11.5. The van der Waals surface area contributed by atoms with Gasteiger partial charge in [0.1, 0.15) is 5.75 Å². The average molecular weight is 284 g/mol. The second-order valence-corrected chi connectivity index (χ2v) is 6.44. The first-order valence-electron chi connectivity index (χ1n) is 7.27. The first-order chi connectivity index (χ1) is 9.81. The Labute approximate surface area is 127 Å². The quantitative estimate of drug-likeness (QED) is 0.916. The highest BCUT2D eigenvalue weighted by Gasteiger charge is 2.14. The van der Waals surface area contributed by atoms with Gasteiger partial charge in [-0.1, -0.05) is 32.9 Å². The van der Waals surface area contributed by atoms with E-state index in [1.54, 1.807) is 0 Å². The molecule has 0 unspecified atom stereocenters. The van der Waals surface area contributed by atoms with E-state index in [0.29, 0.717) is 12.4 Å². The van der Waals surface area contributed by atoms with Gasteiger partial charge in [0.2, 0.25) is 5.88 Å². The third kappa shape index (κ3) is 3.61. The van der Waals surface area contributed by atoms with Crippen LogP contribution in [-0.4, -0.2) is 4.98 Å². The van der Waals surface area contributed by atoms with Crippen molar-refractivity contribution in [3.63, 3.8) is 0 Å². The third-order valence-electron chi connectivity index (χ3n) is 3.58. The molecule has 1 aromatic carbocycles. The third-order valence-corrected chi connectivity index (χ3v) is 3.58. The van der Waals surface area contributed by atoms with E-state index in [4.69, 9.17) is 10.5 Å². The van der Waals surface area contributed by atoms with Crippen LogP contribution in [0, 0.1) is 13.8 Å². The molecule has 0 bridgehead atoms. The molecule has 0 aliphatic carbocycles. The molecule has 0 aliphatic rings. The summed E-state index contributed by atoms with van der Waals surface area (Å²) in [4.78, 5) is 4.47. The molecule has 112 valence electrons. The van der Waals surface area contributed by atoms with Crippen molar-refractivity contribution in [2.45, 2.75) is 46.6 Å². The number of aryl methyl sites for hydroxylation is 2. The van der Waals surface area contributed by atoms with E-state index in [0.717, 1.165) is 22.6 Å². The van der Waals surface area contributed by atoms with E-state index in [1.807, 2.05) is 32.0 Å². The van der Waals surface area contributed by atoms with Gasteiger partial charge in [-0.05, 0) is 48.6 Å². The minimum absolute atomic E-state index is 0.138. The van der Waals surface area contributed by atoms with Crippen LogP contribution in [0.2, 0.25) is 0 Å². The van der Waals surface area contributed by atoms with E-state index in [9.17, 15) is 0 Å². The first-order valence-corrected chi connectivity index (χ1v) is 7.27. The highest BCUT2D eigenvalue weighted by atomic mass is 16.5. The smallest absolute Gasteiger partial charge is 0.224 e. The van der Waals surface area contributed by atoms with Gasteiger partial charge >= 0.3 is 0 Å². The fourth-order valence-corrected chi connectivity index (χ4v) is 2.30. The maximum absolute atomic E-state index is 5.94. The lowest BCUT2D eigenvalue weighted by atomic mass is 9.87. The molecule has 0 radical (unpaired) electrons. The monoisotopic (exact) mass is 284 g/mol. The molecule has 21 heavy (non-hydrogen) atoms. The minimum atomic E-state index is 0.138. The number of hydrogen-bond donors (Lipinski definition) is 1. The van der Waals surface area contributed by atoms with Crippen LogP contribution in [0.1, 0.15) is 43.2 Å². The molecular weight excluding hydrogens is 260 g/mol. The SMILES string of the molecule is Cc1cc(C)c(CN)c(Oc2ccc(C(C)(C)C)cc2)n1. The van der Waals surface area contributed by atoms with Gasteiger partial charge in [-0.3, -0.25) is 0 Å². The zero-order valence-electron chi connectivity index (χ0n) is 13.5. The van der Waals surface area contributed by atoms with E-state index >= 15 is 0 Å². The molecule has 0 atom stereocenters. The van der Waals surface area contributed by atoms with Crippen molar-refractivity contribution in [3.05, 3.63) is 52.7 Å². The van der Waals surface area contributed by atoms with E-state index in [2.05, 4.69) is 37.9 Å². The number of nitrogens with two attached hydrogens (primary N) is 1. The van der Waals surface area contributed by atoms with Crippen LogP contribution in [0.15, 0.2) is 30.3 Å². The van der Waals surface area contributed by atoms with Gasteiger partial charge in [-0.25, -0.2) is 4.98 Å². The van der Waals surface area contributed by atoms with E-state index in [1.165, 1.54) is 5.56 Å². The molecule has 2 aromatic rings. The zero-order chi connectivity index (χ0) is 15.6. The highest BCUT2D eigenvalue weighted by molar-refractivity contribution is 5.40. The summed E-state index contributed by atoms with van der Waals surface area (Å²) < 4.78 is 5.94. The standard InChI is InChI=1S/C18H24N2O/c1-12-10-13(2)20-17(16(12)11-19)21-15-8-6-14(7-9-15)18(3,4)5/h6-10H,11,19H2,1-5H3. The lowest BCUT2D eigenvalue weighted by molar-refractivity contribution is 0.453. The molecule has 1 heterocycles. The fraction of sp³-hybridized carbons (Fsp3) is 0.389. The number of rotatable bonds is 3. The molecular formula is C18H24N2O. The van der Waals surface area contributed by atoms with Crippen molar-refractivity contribution in [1.82, 2.24) is 4.98 Å². The molecule has 0 saturated heterocycles. The molecule has 0 saturated carbocycles. The molecule has 0 fully saturated rings. The summed E-state index contributed by atoms with van der Waals surface area (Å²) in [7, 11) is 0. The van der Waals surface area contributed by atoms with Crippen LogP contribution in [-0.2, 0) is 12.0 Å². The van der Waals surface area contributed by atoms with Crippen LogP contribution >= 0.6 is 0 Å². The Balaban J connectivity index is 2.30. The van der Waals surface area contributed by atoms with Crippen LogP contribution < -0.4 is 10.5 Å². The second kappa shape index (κ2) is 5.86. The zero-order valence-corrected chi connectivity index (χ0v) is 13.5. The van der Waals surface area contributed by atoms with Crippen molar-refractivity contribution < 1.29 is 4.74 Å². The largest absolute Gasteiger partial charge is 0.439 e. The van der Waals surface area contributed by atoms with Crippen molar-refractivity contribution in [3.8, 4) is 11.6 Å². The second-order valence-electron chi connectivity index (χ2n) is 6.44. The van der Waals surface area contributed by atoms with Crippen LogP contribution in [0.5, 0.6) is 11.6 Å². The lowest BCUT2D eigenvalue weighted by Gasteiger charge is -2.19. The van der Waals surface area contributed by atoms with Crippen LogP contribution in [0.4, 0.5) is 0 Å². The molecule has 3 heteroatoms. The van der Waals surface area contributed by atoms with E-state index in [-0.39, 0.29) is 5.41 Å². The molecule has 2 N–H and O–H groups in total. The summed E-state index contributed by atoms with van der Waals surface area (Å²) in [6.45, 7) is 11.0. The summed E-state index contributed by atoms with van der Waals surface area (Å²) in [6.07, 6.45) is 0. The number of benzene rings is 1. The summed E-state index contributed by atoms with van der Waals surface area (Å²) in [5, 5.41) is 0. The number of aromatic nitrogens is 1. The average Bonchev–Trinajstić information content (AvgIpc) is 2.38. The van der Waals surface area contributed by atoms with Gasteiger partial charge in [-0.2, -0.15) is 0 Å². The number of nitrogens with zero attached hydrogens (tertiary/aromatic N) is 1. The first kappa shape index (κ1) is 15.5. The van der Waals surface area contributed by atoms with Gasteiger partial charge in [0.15, 0.2) is 0 Å². The van der Waals surface area contributed by atoms with Gasteiger partial charge in [0.05, 0.1) is 0 Å². The van der Waals surface area contributed by atoms with Crippen LogP contribution in [0.25, 0.3) is 0 Å². The maximum atomic E-state index is 5.94. The number of hydrogen-bond acceptors (Lipinski definition) is 3. The van der Waals surface area contributed by atoms with Gasteiger partial charge in [0.25, 0.3) is 0 Å². The van der Waals surface area contributed by atoms with Gasteiger partial charge in [0, 0.05) is 17.8 Å². The molecule has 0 aliphatic heterocycles. The molecule has 1 aromatic heterocycles. The minimum Gasteiger partial charge on any atom is -0.439 e. The van der Waals surface area contributed by atoms with Crippen molar-refractivity contribution in [2.24, 2.45) is 5.73 Å². The van der Waals surface area contributed by atoms with Gasteiger partial charge in [-0.15, -0.1) is 0 Å². The Morgan fingerprint density at radius 3 is 2.24 bits per heavy atom. The topological polar surface area (TPSA) is 48.1 Å². The predicted molar refractivity (Wildman–Crippen MR) is 86.8 cm³/mol. The lowest BCUT2D eigenvalue weighted by Crippen LogP contribution is -2.10. The molecule has 0 amide bonds. The summed E-state index contributed by atoms with van der Waals surface area (Å²) >= 11 is 0. The Kier molecular flexibility index (Phi) is 4.33. The molecule has 2 rings (SSSR count). The summed E-state index contributed by atoms with van der Waals surface area (Å²) in [5.41, 5.74) is 10.2. The predicted octanol–water partition coefficient (Wildman–Crippen LogP) is 4.25.